The molecule has 0 bridgehead atoms. The number of nitrogens with zero attached hydrogens (tertiary/aromatic N) is 2. The molecule has 0 aliphatic rings. The van der Waals surface area contributed by atoms with E-state index in [9.17, 15) is 18.0 Å². The number of hydrogen-bond acceptors (Lipinski definition) is 6. The summed E-state index contributed by atoms with van der Waals surface area (Å²) >= 11 is 0. The Bertz CT molecular complexity index is 1900. The Morgan fingerprint density at radius 3 is 2.33 bits per heavy atom. The smallest absolute Gasteiger partial charge is 0.409 e. The quantitative estimate of drug-likeness (QED) is 0.150. The first-order valence-electron chi connectivity index (χ1n) is 15.0. The molecular formula is C35H36N4O5S. The van der Waals surface area contributed by atoms with Crippen LogP contribution in [0.1, 0.15) is 50.9 Å². The highest BCUT2D eigenvalue weighted by atomic mass is 32.2. The lowest BCUT2D eigenvalue weighted by molar-refractivity contribution is -0.116. The third-order valence-corrected chi connectivity index (χ3v) is 8.64. The van der Waals surface area contributed by atoms with Gasteiger partial charge in [0.15, 0.2) is 0 Å². The third kappa shape index (κ3) is 7.77. The molecule has 0 saturated carbocycles. The molecule has 5 aromatic rings. The van der Waals surface area contributed by atoms with Crippen LogP contribution in [0.25, 0.3) is 22.2 Å². The number of sulfonamides is 1. The summed E-state index contributed by atoms with van der Waals surface area (Å²) in [6.07, 6.45) is 3.07. The van der Waals surface area contributed by atoms with Crippen molar-refractivity contribution in [2.24, 2.45) is 0 Å². The number of ether oxygens (including phenoxy) is 1. The lowest BCUT2D eigenvalue weighted by Gasteiger charge is -2.13. The minimum atomic E-state index is -4.07. The molecule has 45 heavy (non-hydrogen) atoms. The Morgan fingerprint density at radius 1 is 0.867 bits per heavy atom. The maximum Gasteiger partial charge on any atom is 0.426 e. The molecule has 0 unspecified atom stereocenters. The molecule has 5 rings (SSSR count). The fourth-order valence-electron chi connectivity index (χ4n) is 5.07. The van der Waals surface area contributed by atoms with Crippen LogP contribution in [0.3, 0.4) is 0 Å². The number of hydrogen-bond donors (Lipinski definition) is 2. The average Bonchev–Trinajstić information content (AvgIpc) is 3.37. The molecule has 0 radical (unpaired) electrons. The molecule has 0 atom stereocenters. The zero-order valence-corrected chi connectivity index (χ0v) is 26.1. The van der Waals surface area contributed by atoms with Crippen molar-refractivity contribution >= 4 is 38.7 Å². The maximum absolute atomic E-state index is 12.6. The van der Waals surface area contributed by atoms with Crippen LogP contribution in [0.4, 0.5) is 10.5 Å². The topological polar surface area (TPSA) is 119 Å². The van der Waals surface area contributed by atoms with Crippen molar-refractivity contribution < 1.29 is 22.7 Å². The molecule has 10 heteroatoms. The van der Waals surface area contributed by atoms with E-state index in [-0.39, 0.29) is 16.6 Å². The Balaban J connectivity index is 1.35. The Hall–Kier alpha value is -4.96. The second-order valence-electron chi connectivity index (χ2n) is 10.7. The Labute approximate surface area is 263 Å². The van der Waals surface area contributed by atoms with Crippen molar-refractivity contribution in [2.45, 2.75) is 57.4 Å². The van der Waals surface area contributed by atoms with Crippen LogP contribution in [-0.4, -0.2) is 30.0 Å². The summed E-state index contributed by atoms with van der Waals surface area (Å²) in [5, 5.41) is 2.96. The summed E-state index contributed by atoms with van der Waals surface area (Å²) in [7, 11) is -4.07. The number of unbranched alkanes of at least 4 members (excludes halogenated alkanes) is 1. The number of benzene rings is 4. The lowest BCUT2D eigenvalue weighted by atomic mass is 10.0. The van der Waals surface area contributed by atoms with Gasteiger partial charge in [-0.15, -0.1) is 0 Å². The van der Waals surface area contributed by atoms with E-state index < -0.39 is 16.1 Å². The van der Waals surface area contributed by atoms with Gasteiger partial charge < -0.3 is 14.6 Å². The van der Waals surface area contributed by atoms with Gasteiger partial charge in [-0.25, -0.2) is 22.9 Å². The molecule has 4 aromatic carbocycles. The van der Waals surface area contributed by atoms with Gasteiger partial charge in [0, 0.05) is 30.6 Å². The monoisotopic (exact) mass is 624 g/mol. The number of rotatable bonds is 12. The molecule has 1 aromatic heterocycles. The fraction of sp³-hybridized carbons (Fsp3) is 0.229. The van der Waals surface area contributed by atoms with Gasteiger partial charge in [-0.3, -0.25) is 4.79 Å². The van der Waals surface area contributed by atoms with Crippen LogP contribution in [0.5, 0.6) is 5.75 Å². The van der Waals surface area contributed by atoms with Gasteiger partial charge in [0.1, 0.15) is 11.6 Å². The zero-order chi connectivity index (χ0) is 31.8. The van der Waals surface area contributed by atoms with Gasteiger partial charge in [0.25, 0.3) is 10.0 Å². The summed E-state index contributed by atoms with van der Waals surface area (Å²) in [5.41, 5.74) is 5.08. The van der Waals surface area contributed by atoms with E-state index in [0.717, 1.165) is 59.4 Å². The highest BCUT2D eigenvalue weighted by Gasteiger charge is 2.20. The Morgan fingerprint density at radius 2 is 1.60 bits per heavy atom. The van der Waals surface area contributed by atoms with Gasteiger partial charge in [0.05, 0.1) is 15.9 Å². The average molecular weight is 625 g/mol. The van der Waals surface area contributed by atoms with E-state index in [1.54, 1.807) is 30.3 Å². The van der Waals surface area contributed by atoms with Crippen LogP contribution in [0, 0.1) is 0 Å². The molecular weight excluding hydrogens is 588 g/mol. The molecule has 9 nitrogen and oxygen atoms in total. The number of carbonyl (C=O) groups excluding carboxylic acids is 2. The fourth-order valence-corrected chi connectivity index (χ4v) is 5.96. The highest BCUT2D eigenvalue weighted by molar-refractivity contribution is 7.90. The van der Waals surface area contributed by atoms with Crippen LogP contribution in [-0.2, 0) is 27.8 Å². The lowest BCUT2D eigenvalue weighted by Crippen LogP contribution is -2.33. The first kappa shape index (κ1) is 31.5. The van der Waals surface area contributed by atoms with Gasteiger partial charge in [-0.2, -0.15) is 0 Å². The Kier molecular flexibility index (Phi) is 9.94. The first-order chi connectivity index (χ1) is 21.8. The number of aryl methyl sites for hydroxylation is 1. The highest BCUT2D eigenvalue weighted by Crippen LogP contribution is 2.31. The molecule has 2 N–H and O–H groups in total. The number of amides is 2. The second-order valence-corrected chi connectivity index (χ2v) is 12.4. The summed E-state index contributed by atoms with van der Waals surface area (Å²) in [4.78, 5) is 29.6. The van der Waals surface area contributed by atoms with Crippen molar-refractivity contribution in [3.05, 3.63) is 108 Å². The summed E-state index contributed by atoms with van der Waals surface area (Å²) in [5.74, 6) is 1.21. The van der Waals surface area contributed by atoms with Gasteiger partial charge in [0.2, 0.25) is 5.91 Å². The van der Waals surface area contributed by atoms with Crippen LogP contribution >= 0.6 is 0 Å². The van der Waals surface area contributed by atoms with Crippen LogP contribution < -0.4 is 14.8 Å². The number of nitrogens with one attached hydrogen (secondary N) is 2. The molecule has 0 aliphatic heterocycles. The van der Waals surface area contributed by atoms with Crippen LogP contribution in [0.2, 0.25) is 0 Å². The number of fused-ring (bicyclic) bond motifs is 1. The van der Waals surface area contributed by atoms with Crippen molar-refractivity contribution in [1.82, 2.24) is 14.3 Å². The molecule has 1 heterocycles. The molecule has 232 valence electrons. The predicted octanol–water partition coefficient (Wildman–Crippen LogP) is 7.31. The van der Waals surface area contributed by atoms with Crippen molar-refractivity contribution in [1.29, 1.82) is 0 Å². The standard InChI is InChI=1S/C35H36N4O5S/c1-3-5-16-33-37-30-23-27(36-34(40)11-4-2)21-22-31(30)39(33)24-25-17-19-26(20-18-25)29-14-9-10-15-32(29)44-35(41)38-45(42,43)28-12-7-6-8-13-28/h6-10,12-15,17-23H,3-5,11,16,24H2,1-2H3,(H,36,40)(H,38,41). The van der Waals surface area contributed by atoms with E-state index >= 15 is 0 Å². The van der Waals surface area contributed by atoms with Gasteiger partial charge >= 0.3 is 6.09 Å². The van der Waals surface area contributed by atoms with Crippen molar-refractivity contribution in [3.8, 4) is 16.9 Å². The second kappa shape index (κ2) is 14.2. The number of aromatic nitrogens is 2. The first-order valence-corrected chi connectivity index (χ1v) is 16.5. The molecule has 0 fully saturated rings. The molecule has 2 amide bonds. The van der Waals surface area contributed by atoms with E-state index in [1.165, 1.54) is 12.1 Å². The SMILES string of the molecule is CCCCc1nc2cc(NC(=O)CCC)ccc2n1Cc1ccc(-c2ccccc2OC(=O)NS(=O)(=O)c2ccccc2)cc1. The van der Waals surface area contributed by atoms with Crippen molar-refractivity contribution in [3.63, 3.8) is 0 Å². The number of anilines is 1. The zero-order valence-electron chi connectivity index (χ0n) is 25.3. The van der Waals surface area contributed by atoms with Gasteiger partial charge in [-0.05, 0) is 60.4 Å². The number of carbonyl (C=O) groups is 2. The van der Waals surface area contributed by atoms with E-state index in [1.807, 2.05) is 66.2 Å². The number of imidazole rings is 1. The molecule has 0 spiro atoms. The summed E-state index contributed by atoms with van der Waals surface area (Å²) < 4.78 is 34.8. The molecule has 0 aliphatic carbocycles. The normalized spacial score (nSPS) is 11.3. The van der Waals surface area contributed by atoms with E-state index in [2.05, 4.69) is 16.8 Å². The third-order valence-electron chi connectivity index (χ3n) is 7.31. The predicted molar refractivity (Wildman–Crippen MR) is 176 cm³/mol. The minimum absolute atomic E-state index is 0.00704. The van der Waals surface area contributed by atoms with Crippen molar-refractivity contribution in [2.75, 3.05) is 5.32 Å². The molecule has 0 saturated heterocycles. The maximum atomic E-state index is 12.6. The summed E-state index contributed by atoms with van der Waals surface area (Å²) in [6, 6.07) is 28.4. The minimum Gasteiger partial charge on any atom is -0.409 e. The number of para-hydroxylation sites is 1. The summed E-state index contributed by atoms with van der Waals surface area (Å²) in [6.45, 7) is 4.74. The largest absolute Gasteiger partial charge is 0.426 e. The van der Waals surface area contributed by atoms with Crippen LogP contribution in [0.15, 0.2) is 102 Å². The van der Waals surface area contributed by atoms with Gasteiger partial charge in [-0.1, -0.05) is 80.9 Å². The van der Waals surface area contributed by atoms with E-state index in [4.69, 9.17) is 9.72 Å². The van der Waals surface area contributed by atoms with E-state index in [0.29, 0.717) is 18.5 Å².